The van der Waals surface area contributed by atoms with Crippen molar-refractivity contribution in [3.05, 3.63) is 96.1 Å². The number of carbonyl (C=O) groups is 1. The molecule has 5 rings (SSSR count). The molecule has 2 heterocycles. The van der Waals surface area contributed by atoms with Crippen LogP contribution < -0.4 is 17.0 Å². The van der Waals surface area contributed by atoms with Crippen molar-refractivity contribution >= 4 is 5.97 Å². The van der Waals surface area contributed by atoms with Gasteiger partial charge in [0.25, 0.3) is 0 Å². The molecule has 0 bridgehead atoms. The van der Waals surface area contributed by atoms with Crippen LogP contribution in [-0.2, 0) is 10.3 Å². The number of fused-ring (bicyclic) bond motifs is 6. The average molecular weight is 394 g/mol. The first-order chi connectivity index (χ1) is 13.1. The Kier molecular flexibility index (Phi) is 5.68. The molecule has 0 amide bonds. The van der Waals surface area contributed by atoms with Crippen LogP contribution in [0.15, 0.2) is 73.8 Å². The van der Waals surface area contributed by atoms with E-state index < -0.39 is 11.6 Å². The fourth-order valence-corrected chi connectivity index (χ4v) is 3.65. The highest BCUT2D eigenvalue weighted by Crippen LogP contribution is 2.56. The molecule has 0 saturated heterocycles. The van der Waals surface area contributed by atoms with Crippen molar-refractivity contribution in [3.8, 4) is 23.0 Å². The average Bonchev–Trinajstić information content (AvgIpc) is 2.97. The van der Waals surface area contributed by atoms with Gasteiger partial charge in [0, 0.05) is 28.8 Å². The Morgan fingerprint density at radius 2 is 1.28 bits per heavy atom. The van der Waals surface area contributed by atoms with Crippen molar-refractivity contribution in [1.29, 1.82) is 0 Å². The van der Waals surface area contributed by atoms with Gasteiger partial charge in [0.05, 0.1) is 5.56 Å². The van der Waals surface area contributed by atoms with Gasteiger partial charge in [-0.2, -0.15) is 0 Å². The van der Waals surface area contributed by atoms with E-state index in [1.165, 1.54) is 24.3 Å². The van der Waals surface area contributed by atoms with Crippen LogP contribution in [0.2, 0.25) is 0 Å². The molecule has 0 fully saturated rings. The molecule has 7 nitrogen and oxygen atoms in total. The van der Waals surface area contributed by atoms with Gasteiger partial charge in [-0.25, -0.2) is 4.79 Å². The molecular weight excluding hydrogens is 372 g/mol. The van der Waals surface area contributed by atoms with Gasteiger partial charge in [-0.15, -0.1) is 13.2 Å². The van der Waals surface area contributed by atoms with Gasteiger partial charge in [-0.1, -0.05) is 18.2 Å². The monoisotopic (exact) mass is 394 g/mol. The minimum atomic E-state index is -1.17. The Hall–Kier alpha value is -3.81. The maximum Gasteiger partial charge on any atom is 0.340 e. The van der Waals surface area contributed by atoms with Crippen LogP contribution in [0, 0.1) is 0 Å². The summed E-state index contributed by atoms with van der Waals surface area (Å²) >= 11 is 0. The number of carbonyl (C=O) groups excluding carboxylic acids is 1. The van der Waals surface area contributed by atoms with Crippen molar-refractivity contribution in [2.75, 3.05) is 0 Å². The van der Waals surface area contributed by atoms with E-state index in [-0.39, 0.29) is 23.8 Å². The summed E-state index contributed by atoms with van der Waals surface area (Å²) in [6, 6.07) is 16.6. The molecular formula is C22H22N2O5. The van der Waals surface area contributed by atoms with Crippen molar-refractivity contribution in [2.45, 2.75) is 5.60 Å². The Labute approximate surface area is 168 Å². The largest absolute Gasteiger partial charge is 0.508 e. The van der Waals surface area contributed by atoms with Crippen LogP contribution in [0.25, 0.3) is 0 Å². The Bertz CT molecular complexity index is 1030. The summed E-state index contributed by atoms with van der Waals surface area (Å²) in [7, 11) is 0. The quantitative estimate of drug-likeness (QED) is 0.316. The molecule has 2 aliphatic rings. The minimum Gasteiger partial charge on any atom is -0.508 e. The van der Waals surface area contributed by atoms with Gasteiger partial charge in [-0.3, -0.25) is 0 Å². The van der Waals surface area contributed by atoms with Crippen LogP contribution in [0.1, 0.15) is 27.0 Å². The summed E-state index contributed by atoms with van der Waals surface area (Å²) in [4.78, 5) is 12.5. The zero-order chi connectivity index (χ0) is 19.2. The Balaban J connectivity index is 0.000000729. The molecule has 0 saturated carbocycles. The third-order valence-corrected chi connectivity index (χ3v) is 4.68. The van der Waals surface area contributed by atoms with Gasteiger partial charge >= 0.3 is 5.97 Å². The number of esters is 1. The SMILES string of the molecule is C=C.N.N.O=C1OC2(c3ccc(O)cc3Oc3cc(O)ccc32)c2ccccc21. The third kappa shape index (κ3) is 2.89. The maximum absolute atomic E-state index is 12.5. The zero-order valence-corrected chi connectivity index (χ0v) is 15.7. The molecule has 8 N–H and O–H groups in total. The van der Waals surface area contributed by atoms with Crippen molar-refractivity contribution in [3.63, 3.8) is 0 Å². The number of ether oxygens (including phenoxy) is 2. The van der Waals surface area contributed by atoms with Gasteiger partial charge in [0.1, 0.15) is 23.0 Å². The van der Waals surface area contributed by atoms with Gasteiger partial charge in [0.2, 0.25) is 0 Å². The van der Waals surface area contributed by atoms with E-state index >= 15 is 0 Å². The molecule has 1 spiro atoms. The molecule has 0 unspecified atom stereocenters. The van der Waals surface area contributed by atoms with E-state index in [1.54, 1.807) is 24.3 Å². The Morgan fingerprint density at radius 1 is 0.759 bits per heavy atom. The topological polar surface area (TPSA) is 146 Å². The van der Waals surface area contributed by atoms with Crippen LogP contribution in [0.5, 0.6) is 23.0 Å². The van der Waals surface area contributed by atoms with Crippen LogP contribution in [0.4, 0.5) is 0 Å². The molecule has 7 heteroatoms. The van der Waals surface area contributed by atoms with Crippen molar-refractivity contribution < 1.29 is 24.5 Å². The molecule has 0 radical (unpaired) electrons. The van der Waals surface area contributed by atoms with Gasteiger partial charge < -0.3 is 32.0 Å². The fourth-order valence-electron chi connectivity index (χ4n) is 3.65. The summed E-state index contributed by atoms with van der Waals surface area (Å²) in [5, 5.41) is 19.7. The van der Waals surface area contributed by atoms with Crippen LogP contribution >= 0.6 is 0 Å². The number of phenolic OH excluding ortho intramolecular Hbond substituents is 2. The predicted molar refractivity (Wildman–Crippen MR) is 109 cm³/mol. The lowest BCUT2D eigenvalue weighted by molar-refractivity contribution is 0.0224. The number of benzene rings is 3. The highest BCUT2D eigenvalue weighted by molar-refractivity contribution is 5.97. The van der Waals surface area contributed by atoms with Crippen molar-refractivity contribution in [2.24, 2.45) is 0 Å². The summed E-state index contributed by atoms with van der Waals surface area (Å²) in [6.45, 7) is 6.00. The third-order valence-electron chi connectivity index (χ3n) is 4.68. The highest BCUT2D eigenvalue weighted by Gasteiger charge is 2.53. The Morgan fingerprint density at radius 3 is 1.83 bits per heavy atom. The molecule has 3 aromatic rings. The fraction of sp³-hybridized carbons (Fsp3) is 0.0455. The smallest absolute Gasteiger partial charge is 0.340 e. The second kappa shape index (κ2) is 7.67. The lowest BCUT2D eigenvalue weighted by Crippen LogP contribution is -2.32. The van der Waals surface area contributed by atoms with E-state index in [1.807, 2.05) is 12.1 Å². The lowest BCUT2D eigenvalue weighted by atomic mass is 9.77. The van der Waals surface area contributed by atoms with Crippen LogP contribution in [0.3, 0.4) is 0 Å². The number of phenols is 2. The van der Waals surface area contributed by atoms with E-state index in [4.69, 9.17) is 9.47 Å². The van der Waals surface area contributed by atoms with E-state index in [0.29, 0.717) is 33.8 Å². The summed E-state index contributed by atoms with van der Waals surface area (Å²) in [5.41, 5.74) is 1.28. The molecule has 2 aliphatic heterocycles. The molecule has 0 aromatic heterocycles. The lowest BCUT2D eigenvalue weighted by Gasteiger charge is -2.36. The minimum absolute atomic E-state index is 0. The van der Waals surface area contributed by atoms with Crippen LogP contribution in [-0.4, -0.2) is 16.2 Å². The second-order valence-electron chi connectivity index (χ2n) is 6.08. The summed E-state index contributed by atoms with van der Waals surface area (Å²) in [6.07, 6.45) is 0. The number of hydrogen-bond donors (Lipinski definition) is 4. The second-order valence-corrected chi connectivity index (χ2v) is 6.08. The van der Waals surface area contributed by atoms with Gasteiger partial charge in [-0.05, 0) is 30.3 Å². The highest BCUT2D eigenvalue weighted by atomic mass is 16.6. The molecule has 0 atom stereocenters. The zero-order valence-electron chi connectivity index (χ0n) is 15.7. The van der Waals surface area contributed by atoms with E-state index in [9.17, 15) is 15.0 Å². The molecule has 150 valence electrons. The number of rotatable bonds is 0. The molecule has 0 aliphatic carbocycles. The van der Waals surface area contributed by atoms with Crippen molar-refractivity contribution in [1.82, 2.24) is 12.3 Å². The summed E-state index contributed by atoms with van der Waals surface area (Å²) < 4.78 is 11.8. The maximum atomic E-state index is 12.5. The first-order valence-corrected chi connectivity index (χ1v) is 8.27. The van der Waals surface area contributed by atoms with E-state index in [2.05, 4.69) is 13.2 Å². The number of aromatic hydroxyl groups is 2. The normalized spacial score (nSPS) is 13.7. The number of hydrogen-bond acceptors (Lipinski definition) is 7. The van der Waals surface area contributed by atoms with E-state index in [0.717, 1.165) is 0 Å². The first-order valence-electron chi connectivity index (χ1n) is 8.27. The van der Waals surface area contributed by atoms with Gasteiger partial charge in [0.15, 0.2) is 5.60 Å². The summed E-state index contributed by atoms with van der Waals surface area (Å²) in [5.74, 6) is 0.408. The first kappa shape index (κ1) is 21.5. The molecule has 29 heavy (non-hydrogen) atoms. The molecule has 3 aromatic carbocycles. The predicted octanol–water partition coefficient (Wildman–Crippen LogP) is 4.79. The standard InChI is InChI=1S/C20H12O5.C2H4.2H3N/c21-11-5-7-15-17(9-11)24-18-10-12(22)6-8-16(18)20(15)14-4-2-1-3-13(14)19(23)25-20;1-2;;/h1-10,21-22H;1-2H2;2*1H3.